The second-order valence-corrected chi connectivity index (χ2v) is 5.62. The van der Waals surface area contributed by atoms with Crippen molar-refractivity contribution in [3.8, 4) is 0 Å². The summed E-state index contributed by atoms with van der Waals surface area (Å²) in [5.74, 6) is 1.08. The van der Waals surface area contributed by atoms with Crippen LogP contribution in [-0.4, -0.2) is 24.7 Å². The normalized spacial score (nSPS) is 12.2. The number of rotatable bonds is 3. The highest BCUT2D eigenvalue weighted by molar-refractivity contribution is 7.98. The van der Waals surface area contributed by atoms with E-state index in [4.69, 9.17) is 16.1 Å². The second-order valence-electron chi connectivity index (χ2n) is 4.27. The van der Waals surface area contributed by atoms with E-state index in [1.807, 2.05) is 0 Å². The van der Waals surface area contributed by atoms with Crippen molar-refractivity contribution in [1.82, 2.24) is 24.7 Å². The highest BCUT2D eigenvalue weighted by Gasteiger charge is 2.32. The van der Waals surface area contributed by atoms with Crippen molar-refractivity contribution >= 4 is 29.0 Å². The maximum Gasteiger partial charge on any atom is 0.417 e. The number of thioether (sulfide) groups is 1. The van der Waals surface area contributed by atoms with Crippen LogP contribution < -0.4 is 0 Å². The average Bonchev–Trinajstić information content (AvgIpc) is 3.02. The van der Waals surface area contributed by atoms with Gasteiger partial charge in [0.1, 0.15) is 0 Å². The van der Waals surface area contributed by atoms with Crippen molar-refractivity contribution in [2.24, 2.45) is 0 Å². The molecular weight excluding hydrogens is 343 g/mol. The molecule has 0 aliphatic heterocycles. The molecule has 0 aliphatic rings. The number of alkyl halides is 3. The molecular formula is C11H7ClF3N5OS. The van der Waals surface area contributed by atoms with Crippen molar-refractivity contribution in [1.29, 1.82) is 0 Å². The van der Waals surface area contributed by atoms with Gasteiger partial charge >= 0.3 is 6.18 Å². The van der Waals surface area contributed by atoms with Gasteiger partial charge in [0.25, 0.3) is 0 Å². The minimum Gasteiger partial charge on any atom is -0.338 e. The lowest BCUT2D eigenvalue weighted by Crippen LogP contribution is -2.07. The number of pyridine rings is 1. The third-order valence-electron chi connectivity index (χ3n) is 2.65. The van der Waals surface area contributed by atoms with Gasteiger partial charge < -0.3 is 4.52 Å². The van der Waals surface area contributed by atoms with Crippen LogP contribution in [-0.2, 0) is 11.9 Å². The van der Waals surface area contributed by atoms with Crippen molar-refractivity contribution in [2.75, 3.05) is 0 Å². The third-order valence-corrected chi connectivity index (χ3v) is 3.86. The zero-order valence-corrected chi connectivity index (χ0v) is 12.5. The summed E-state index contributed by atoms with van der Waals surface area (Å²) >= 11 is 6.95. The summed E-state index contributed by atoms with van der Waals surface area (Å²) in [6, 6.07) is 0.821. The third kappa shape index (κ3) is 2.88. The number of fused-ring (bicyclic) bond motifs is 1. The van der Waals surface area contributed by atoms with Crippen LogP contribution in [0.1, 0.15) is 17.3 Å². The molecule has 3 aromatic heterocycles. The topological polar surface area (TPSA) is 69.1 Å². The molecule has 6 nitrogen and oxygen atoms in total. The van der Waals surface area contributed by atoms with Gasteiger partial charge in [0.05, 0.1) is 16.3 Å². The first-order chi connectivity index (χ1) is 10.3. The van der Waals surface area contributed by atoms with E-state index in [9.17, 15) is 13.2 Å². The highest BCUT2D eigenvalue weighted by Crippen LogP contribution is 2.33. The molecule has 11 heteroatoms. The molecule has 0 saturated carbocycles. The SMILES string of the molecule is Cc1noc(CSc2nnc3c(Cl)cc(C(F)(F)F)cn23)n1. The summed E-state index contributed by atoms with van der Waals surface area (Å²) in [6.07, 6.45) is -3.60. The van der Waals surface area contributed by atoms with Gasteiger partial charge in [-0.3, -0.25) is 4.40 Å². The molecule has 0 amide bonds. The number of aromatic nitrogens is 5. The summed E-state index contributed by atoms with van der Waals surface area (Å²) in [5, 5.41) is 11.4. The molecule has 0 aliphatic carbocycles. The van der Waals surface area contributed by atoms with Gasteiger partial charge in [0, 0.05) is 6.20 Å². The van der Waals surface area contributed by atoms with Gasteiger partial charge in [0.15, 0.2) is 16.6 Å². The largest absolute Gasteiger partial charge is 0.417 e. The zero-order chi connectivity index (χ0) is 15.9. The first kappa shape index (κ1) is 15.1. The Labute approximate surface area is 130 Å². The molecule has 0 aromatic carbocycles. The Bertz CT molecular complexity index is 831. The summed E-state index contributed by atoms with van der Waals surface area (Å²) in [4.78, 5) is 4.00. The number of nitrogens with zero attached hydrogens (tertiary/aromatic N) is 5. The van der Waals surface area contributed by atoms with E-state index in [1.54, 1.807) is 6.92 Å². The number of hydrogen-bond acceptors (Lipinski definition) is 6. The van der Waals surface area contributed by atoms with Gasteiger partial charge in [-0.15, -0.1) is 10.2 Å². The van der Waals surface area contributed by atoms with Crippen LogP contribution in [0.2, 0.25) is 5.02 Å². The minimum atomic E-state index is -4.51. The number of aryl methyl sites for hydroxylation is 1. The van der Waals surface area contributed by atoms with E-state index >= 15 is 0 Å². The molecule has 0 saturated heterocycles. The Balaban J connectivity index is 1.94. The fourth-order valence-corrected chi connectivity index (χ4v) is 2.71. The molecule has 0 fully saturated rings. The molecule has 0 unspecified atom stereocenters. The smallest absolute Gasteiger partial charge is 0.338 e. The fourth-order valence-electron chi connectivity index (χ4n) is 1.71. The van der Waals surface area contributed by atoms with E-state index in [0.717, 1.165) is 24.0 Å². The molecule has 3 rings (SSSR count). The van der Waals surface area contributed by atoms with Crippen LogP contribution >= 0.6 is 23.4 Å². The van der Waals surface area contributed by atoms with E-state index < -0.39 is 11.7 Å². The van der Waals surface area contributed by atoms with Gasteiger partial charge in [0.2, 0.25) is 5.89 Å². The van der Waals surface area contributed by atoms with Crippen molar-refractivity contribution in [3.63, 3.8) is 0 Å². The van der Waals surface area contributed by atoms with E-state index in [2.05, 4.69) is 20.3 Å². The minimum absolute atomic E-state index is 0.122. The molecule has 0 bridgehead atoms. The Morgan fingerprint density at radius 3 is 2.77 bits per heavy atom. The summed E-state index contributed by atoms with van der Waals surface area (Å²) in [7, 11) is 0. The fraction of sp³-hybridized carbons (Fsp3) is 0.273. The molecule has 116 valence electrons. The predicted octanol–water partition coefficient (Wildman–Crippen LogP) is 3.39. The van der Waals surface area contributed by atoms with Crippen LogP contribution in [0.5, 0.6) is 0 Å². The maximum atomic E-state index is 12.8. The maximum absolute atomic E-state index is 12.8. The van der Waals surface area contributed by atoms with E-state index in [0.29, 0.717) is 11.7 Å². The van der Waals surface area contributed by atoms with Crippen molar-refractivity contribution < 1.29 is 17.7 Å². The van der Waals surface area contributed by atoms with Gasteiger partial charge in [-0.25, -0.2) is 0 Å². The molecule has 0 N–H and O–H groups in total. The average molecular weight is 350 g/mol. The molecule has 3 heterocycles. The first-order valence-electron chi connectivity index (χ1n) is 5.88. The molecule has 0 atom stereocenters. The number of halogens is 4. The lowest BCUT2D eigenvalue weighted by molar-refractivity contribution is -0.137. The van der Waals surface area contributed by atoms with Crippen molar-refractivity contribution in [3.05, 3.63) is 34.6 Å². The number of hydrogen-bond donors (Lipinski definition) is 0. The van der Waals surface area contributed by atoms with E-state index in [1.165, 1.54) is 4.40 Å². The van der Waals surface area contributed by atoms with Crippen LogP contribution in [0.4, 0.5) is 13.2 Å². The van der Waals surface area contributed by atoms with Crippen LogP contribution in [0.15, 0.2) is 21.9 Å². The van der Waals surface area contributed by atoms with Gasteiger partial charge in [-0.2, -0.15) is 18.2 Å². The quantitative estimate of drug-likeness (QED) is 0.675. The Hall–Kier alpha value is -1.81. The molecule has 3 aromatic rings. The second kappa shape index (κ2) is 5.43. The predicted molar refractivity (Wildman–Crippen MR) is 71.6 cm³/mol. The Morgan fingerprint density at radius 2 is 2.14 bits per heavy atom. The van der Waals surface area contributed by atoms with Crippen LogP contribution in [0.3, 0.4) is 0 Å². The Kier molecular flexibility index (Phi) is 3.73. The highest BCUT2D eigenvalue weighted by atomic mass is 35.5. The van der Waals surface area contributed by atoms with Gasteiger partial charge in [-0.1, -0.05) is 28.5 Å². The zero-order valence-electron chi connectivity index (χ0n) is 10.9. The lowest BCUT2D eigenvalue weighted by atomic mass is 10.3. The monoisotopic (exact) mass is 349 g/mol. The lowest BCUT2D eigenvalue weighted by Gasteiger charge is -2.08. The van der Waals surface area contributed by atoms with E-state index in [-0.39, 0.29) is 21.6 Å². The van der Waals surface area contributed by atoms with Gasteiger partial charge in [-0.05, 0) is 13.0 Å². The first-order valence-corrected chi connectivity index (χ1v) is 7.24. The molecule has 22 heavy (non-hydrogen) atoms. The Morgan fingerprint density at radius 1 is 1.36 bits per heavy atom. The standard InChI is InChI=1S/C11H7ClF3N5OS/c1-5-16-8(21-19-5)4-22-10-18-17-9-7(12)2-6(3-20(9)10)11(13,14)15/h2-3H,4H2,1H3. The summed E-state index contributed by atoms with van der Waals surface area (Å²) in [5.41, 5.74) is -0.723. The summed E-state index contributed by atoms with van der Waals surface area (Å²) < 4.78 is 44.6. The summed E-state index contributed by atoms with van der Waals surface area (Å²) in [6.45, 7) is 1.67. The van der Waals surface area contributed by atoms with Crippen molar-refractivity contribution in [2.45, 2.75) is 24.0 Å². The van der Waals surface area contributed by atoms with Crippen LogP contribution in [0, 0.1) is 6.92 Å². The molecule has 0 spiro atoms. The molecule has 0 radical (unpaired) electrons. The van der Waals surface area contributed by atoms with Crippen LogP contribution in [0.25, 0.3) is 5.65 Å².